The van der Waals surface area contributed by atoms with E-state index in [4.69, 9.17) is 5.73 Å². The van der Waals surface area contributed by atoms with Crippen molar-refractivity contribution in [1.82, 2.24) is 10.3 Å². The Morgan fingerprint density at radius 2 is 2.22 bits per heavy atom. The summed E-state index contributed by atoms with van der Waals surface area (Å²) in [5.74, 6) is 0.957. The van der Waals surface area contributed by atoms with Crippen LogP contribution in [0.15, 0.2) is 12.1 Å². The number of aryl methyl sites for hydroxylation is 1. The lowest BCUT2D eigenvalue weighted by molar-refractivity contribution is 0.0950. The van der Waals surface area contributed by atoms with Gasteiger partial charge in [0, 0.05) is 17.8 Å². The Labute approximate surface area is 108 Å². The molecular weight excluding hydrogens is 226 g/mol. The molecule has 0 aliphatic heterocycles. The van der Waals surface area contributed by atoms with Crippen LogP contribution in [0.4, 0.5) is 5.82 Å². The van der Waals surface area contributed by atoms with E-state index in [1.54, 1.807) is 6.07 Å². The number of hydrogen-bond acceptors (Lipinski definition) is 3. The van der Waals surface area contributed by atoms with E-state index in [2.05, 4.69) is 24.1 Å². The van der Waals surface area contributed by atoms with Crippen LogP contribution in [0.2, 0.25) is 0 Å². The van der Waals surface area contributed by atoms with E-state index < -0.39 is 0 Å². The summed E-state index contributed by atoms with van der Waals surface area (Å²) in [5.41, 5.74) is 7.54. The molecule has 0 saturated heterocycles. The normalized spacial score (nSPS) is 20.5. The molecule has 1 aromatic rings. The van der Waals surface area contributed by atoms with Gasteiger partial charge in [-0.25, -0.2) is 4.98 Å². The maximum absolute atomic E-state index is 12.0. The van der Waals surface area contributed by atoms with E-state index in [1.165, 1.54) is 6.42 Å². The van der Waals surface area contributed by atoms with Crippen LogP contribution in [-0.2, 0) is 6.42 Å². The molecule has 1 aromatic heterocycles. The number of nitrogens with zero attached hydrogens (tertiary/aromatic N) is 1. The lowest BCUT2D eigenvalue weighted by atomic mass is 10.1. The van der Waals surface area contributed by atoms with E-state index >= 15 is 0 Å². The van der Waals surface area contributed by atoms with E-state index in [9.17, 15) is 4.79 Å². The van der Waals surface area contributed by atoms with Gasteiger partial charge in [-0.05, 0) is 36.3 Å². The molecule has 4 heteroatoms. The SMILES string of the molecule is CCc1cc(C(=O)NCC2CC2(C)C)cc(N)n1. The van der Waals surface area contributed by atoms with Crippen LogP contribution in [0, 0.1) is 11.3 Å². The number of anilines is 1. The summed E-state index contributed by atoms with van der Waals surface area (Å²) >= 11 is 0. The molecule has 1 aliphatic carbocycles. The van der Waals surface area contributed by atoms with E-state index in [-0.39, 0.29) is 5.91 Å². The van der Waals surface area contributed by atoms with Gasteiger partial charge in [-0.15, -0.1) is 0 Å². The Morgan fingerprint density at radius 3 is 2.78 bits per heavy atom. The van der Waals surface area contributed by atoms with Crippen LogP contribution >= 0.6 is 0 Å². The first-order valence-electron chi connectivity index (χ1n) is 6.47. The quantitative estimate of drug-likeness (QED) is 0.855. The first-order chi connectivity index (χ1) is 8.42. The minimum absolute atomic E-state index is 0.0542. The second kappa shape index (κ2) is 4.59. The van der Waals surface area contributed by atoms with Crippen LogP contribution in [0.5, 0.6) is 0 Å². The number of pyridine rings is 1. The number of hydrogen-bond donors (Lipinski definition) is 2. The molecule has 1 saturated carbocycles. The summed E-state index contributed by atoms with van der Waals surface area (Å²) in [4.78, 5) is 16.2. The standard InChI is InChI=1S/C14H21N3O/c1-4-11-5-9(6-12(15)17-11)13(18)16-8-10-7-14(10,2)3/h5-6,10H,4,7-8H2,1-3H3,(H2,15,17)(H,16,18). The number of amides is 1. The van der Waals surface area contributed by atoms with Crippen LogP contribution in [0.3, 0.4) is 0 Å². The summed E-state index contributed by atoms with van der Waals surface area (Å²) in [7, 11) is 0. The highest BCUT2D eigenvalue weighted by molar-refractivity contribution is 5.94. The van der Waals surface area contributed by atoms with Gasteiger partial charge in [0.05, 0.1) is 0 Å². The highest BCUT2D eigenvalue weighted by atomic mass is 16.1. The zero-order valence-electron chi connectivity index (χ0n) is 11.3. The second-order valence-electron chi connectivity index (χ2n) is 5.73. The molecule has 0 spiro atoms. The molecule has 98 valence electrons. The summed E-state index contributed by atoms with van der Waals surface area (Å²) < 4.78 is 0. The number of nitrogens with two attached hydrogens (primary N) is 1. The summed E-state index contributed by atoms with van der Waals surface area (Å²) in [6.45, 7) is 7.19. The molecule has 1 amide bonds. The van der Waals surface area contributed by atoms with E-state index in [0.29, 0.717) is 22.7 Å². The minimum atomic E-state index is -0.0542. The molecule has 0 aromatic carbocycles. The van der Waals surface area contributed by atoms with Gasteiger partial charge < -0.3 is 11.1 Å². The maximum Gasteiger partial charge on any atom is 0.251 e. The minimum Gasteiger partial charge on any atom is -0.384 e. The monoisotopic (exact) mass is 247 g/mol. The molecule has 2 rings (SSSR count). The molecule has 3 N–H and O–H groups in total. The zero-order valence-corrected chi connectivity index (χ0v) is 11.3. The van der Waals surface area contributed by atoms with Gasteiger partial charge in [-0.3, -0.25) is 4.79 Å². The van der Waals surface area contributed by atoms with Crippen LogP contribution in [0.1, 0.15) is 43.2 Å². The molecule has 1 unspecified atom stereocenters. The fraction of sp³-hybridized carbons (Fsp3) is 0.571. The topological polar surface area (TPSA) is 68.0 Å². The van der Waals surface area contributed by atoms with Gasteiger partial charge in [0.1, 0.15) is 5.82 Å². The predicted octanol–water partition coefficient (Wildman–Crippen LogP) is 2.00. The van der Waals surface area contributed by atoms with Gasteiger partial charge in [0.25, 0.3) is 5.91 Å². The molecule has 18 heavy (non-hydrogen) atoms. The van der Waals surface area contributed by atoms with E-state index in [1.807, 2.05) is 13.0 Å². The smallest absolute Gasteiger partial charge is 0.251 e. The predicted molar refractivity (Wildman–Crippen MR) is 72.2 cm³/mol. The average Bonchev–Trinajstić information content (AvgIpc) is 2.93. The molecular formula is C14H21N3O. The van der Waals surface area contributed by atoms with Gasteiger partial charge in [-0.1, -0.05) is 20.8 Å². The second-order valence-corrected chi connectivity index (χ2v) is 5.73. The van der Waals surface area contributed by atoms with Gasteiger partial charge >= 0.3 is 0 Å². The largest absolute Gasteiger partial charge is 0.384 e. The molecule has 1 heterocycles. The highest BCUT2D eigenvalue weighted by Crippen LogP contribution is 2.50. The van der Waals surface area contributed by atoms with Crippen molar-refractivity contribution >= 4 is 11.7 Å². The van der Waals surface area contributed by atoms with Crippen molar-refractivity contribution in [2.45, 2.75) is 33.6 Å². The van der Waals surface area contributed by atoms with Crippen molar-refractivity contribution in [3.05, 3.63) is 23.4 Å². The summed E-state index contributed by atoms with van der Waals surface area (Å²) in [6, 6.07) is 3.44. The summed E-state index contributed by atoms with van der Waals surface area (Å²) in [6.07, 6.45) is 1.97. The number of carbonyl (C=O) groups is 1. The van der Waals surface area contributed by atoms with Gasteiger partial charge in [0.15, 0.2) is 0 Å². The lowest BCUT2D eigenvalue weighted by Crippen LogP contribution is -2.27. The molecule has 1 atom stereocenters. The molecule has 1 fully saturated rings. The highest BCUT2D eigenvalue weighted by Gasteiger charge is 2.45. The van der Waals surface area contributed by atoms with E-state index in [0.717, 1.165) is 18.7 Å². The van der Waals surface area contributed by atoms with Crippen LogP contribution < -0.4 is 11.1 Å². The number of rotatable bonds is 4. The molecule has 0 bridgehead atoms. The fourth-order valence-corrected chi connectivity index (χ4v) is 2.17. The number of nitrogen functional groups attached to an aromatic ring is 1. The van der Waals surface area contributed by atoms with Crippen LogP contribution in [-0.4, -0.2) is 17.4 Å². The molecule has 4 nitrogen and oxygen atoms in total. The Bertz CT molecular complexity index is 468. The Morgan fingerprint density at radius 1 is 1.56 bits per heavy atom. The summed E-state index contributed by atoms with van der Waals surface area (Å²) in [5, 5.41) is 2.97. The molecule has 1 aliphatic rings. The third-order valence-corrected chi connectivity index (χ3v) is 3.75. The average molecular weight is 247 g/mol. The number of nitrogens with one attached hydrogen (secondary N) is 1. The zero-order chi connectivity index (χ0) is 13.3. The number of carbonyl (C=O) groups excluding carboxylic acids is 1. The van der Waals surface area contributed by atoms with Crippen molar-refractivity contribution < 1.29 is 4.79 Å². The van der Waals surface area contributed by atoms with Gasteiger partial charge in [0.2, 0.25) is 0 Å². The lowest BCUT2D eigenvalue weighted by Gasteiger charge is -2.08. The van der Waals surface area contributed by atoms with Crippen molar-refractivity contribution in [1.29, 1.82) is 0 Å². The fourth-order valence-electron chi connectivity index (χ4n) is 2.17. The first-order valence-corrected chi connectivity index (χ1v) is 6.47. The third-order valence-electron chi connectivity index (χ3n) is 3.75. The van der Waals surface area contributed by atoms with Crippen molar-refractivity contribution in [3.63, 3.8) is 0 Å². The van der Waals surface area contributed by atoms with Crippen LogP contribution in [0.25, 0.3) is 0 Å². The first kappa shape index (κ1) is 12.9. The number of aromatic nitrogens is 1. The Balaban J connectivity index is 1.98. The molecule has 0 radical (unpaired) electrons. The third kappa shape index (κ3) is 2.81. The maximum atomic E-state index is 12.0. The van der Waals surface area contributed by atoms with Gasteiger partial charge in [-0.2, -0.15) is 0 Å². The van der Waals surface area contributed by atoms with Crippen molar-refractivity contribution in [3.8, 4) is 0 Å². The van der Waals surface area contributed by atoms with Crippen molar-refractivity contribution in [2.75, 3.05) is 12.3 Å². The van der Waals surface area contributed by atoms with Crippen molar-refractivity contribution in [2.24, 2.45) is 11.3 Å². The Hall–Kier alpha value is -1.58. The Kier molecular flexibility index (Phi) is 3.28.